The number of benzene rings is 5. The molecule has 38 heavy (non-hydrogen) atoms. The molecule has 0 aliphatic carbocycles. The SMILES string of the molecule is c1ccc(-c2c(-c3ccc4oc5ccccc5c4c3)nn3c(-c4ccccc4)cc4ccccc4c23)cc1. The van der Waals surface area contributed by atoms with Crippen molar-refractivity contribution in [1.82, 2.24) is 9.61 Å². The van der Waals surface area contributed by atoms with Gasteiger partial charge in [0.2, 0.25) is 0 Å². The Balaban J connectivity index is 1.53. The standard InChI is InChI=1S/C35H22N2O/c1-3-11-23(12-4-1)30-22-25-15-7-8-16-27(25)35-33(24-13-5-2-6-14-24)34(36-37(30)35)26-19-20-32-29(21-26)28-17-9-10-18-31(28)38-32/h1-22H. The molecule has 0 unspecified atom stereocenters. The molecular weight excluding hydrogens is 464 g/mol. The number of aromatic nitrogens is 2. The third-order valence-electron chi connectivity index (χ3n) is 7.40. The van der Waals surface area contributed by atoms with E-state index in [1.807, 2.05) is 12.1 Å². The average Bonchev–Trinajstić information content (AvgIpc) is 3.57. The summed E-state index contributed by atoms with van der Waals surface area (Å²) in [5.41, 5.74) is 9.39. The fourth-order valence-corrected chi connectivity index (χ4v) is 5.66. The summed E-state index contributed by atoms with van der Waals surface area (Å²) in [6.45, 7) is 0. The van der Waals surface area contributed by atoms with Gasteiger partial charge in [-0.3, -0.25) is 0 Å². The number of nitrogens with zero attached hydrogens (tertiary/aromatic N) is 2. The Morgan fingerprint density at radius 1 is 0.500 bits per heavy atom. The second-order valence-electron chi connectivity index (χ2n) is 9.64. The monoisotopic (exact) mass is 486 g/mol. The third kappa shape index (κ3) is 3.12. The zero-order valence-corrected chi connectivity index (χ0v) is 20.5. The lowest BCUT2D eigenvalue weighted by atomic mass is 9.96. The quantitative estimate of drug-likeness (QED) is 0.249. The van der Waals surface area contributed by atoms with Crippen LogP contribution in [0.4, 0.5) is 0 Å². The number of hydrogen-bond acceptors (Lipinski definition) is 2. The molecule has 0 saturated heterocycles. The molecule has 0 N–H and O–H groups in total. The van der Waals surface area contributed by atoms with Crippen molar-refractivity contribution in [2.45, 2.75) is 0 Å². The van der Waals surface area contributed by atoms with Gasteiger partial charge in [0.05, 0.1) is 11.2 Å². The van der Waals surface area contributed by atoms with E-state index < -0.39 is 0 Å². The van der Waals surface area contributed by atoms with Crippen molar-refractivity contribution in [3.63, 3.8) is 0 Å². The van der Waals surface area contributed by atoms with Gasteiger partial charge < -0.3 is 4.42 Å². The molecule has 3 aromatic heterocycles. The van der Waals surface area contributed by atoms with E-state index in [4.69, 9.17) is 9.52 Å². The van der Waals surface area contributed by atoms with E-state index in [0.29, 0.717) is 0 Å². The molecule has 0 spiro atoms. The zero-order chi connectivity index (χ0) is 25.1. The average molecular weight is 487 g/mol. The fourth-order valence-electron chi connectivity index (χ4n) is 5.66. The molecule has 0 atom stereocenters. The second-order valence-corrected chi connectivity index (χ2v) is 9.64. The van der Waals surface area contributed by atoms with Crippen molar-refractivity contribution in [1.29, 1.82) is 0 Å². The zero-order valence-electron chi connectivity index (χ0n) is 20.5. The van der Waals surface area contributed by atoms with E-state index in [-0.39, 0.29) is 0 Å². The summed E-state index contributed by atoms with van der Waals surface area (Å²) >= 11 is 0. The molecule has 8 aromatic rings. The fraction of sp³-hybridized carbons (Fsp3) is 0. The van der Waals surface area contributed by atoms with Crippen molar-refractivity contribution in [3.8, 4) is 33.6 Å². The summed E-state index contributed by atoms with van der Waals surface area (Å²) in [6.07, 6.45) is 0. The maximum absolute atomic E-state index is 6.13. The third-order valence-corrected chi connectivity index (χ3v) is 7.40. The van der Waals surface area contributed by atoms with E-state index >= 15 is 0 Å². The van der Waals surface area contributed by atoms with E-state index in [0.717, 1.165) is 61.1 Å². The van der Waals surface area contributed by atoms with Gasteiger partial charge in [0.25, 0.3) is 0 Å². The molecule has 0 aliphatic heterocycles. The van der Waals surface area contributed by atoms with Crippen LogP contribution in [0.1, 0.15) is 0 Å². The summed E-state index contributed by atoms with van der Waals surface area (Å²) in [4.78, 5) is 0. The first kappa shape index (κ1) is 21.0. The van der Waals surface area contributed by atoms with Crippen LogP contribution in [-0.4, -0.2) is 9.61 Å². The Hall–Kier alpha value is -5.15. The van der Waals surface area contributed by atoms with E-state index in [9.17, 15) is 0 Å². The van der Waals surface area contributed by atoms with Crippen LogP contribution in [0.3, 0.4) is 0 Å². The van der Waals surface area contributed by atoms with Gasteiger partial charge in [0.15, 0.2) is 0 Å². The largest absolute Gasteiger partial charge is 0.456 e. The lowest BCUT2D eigenvalue weighted by Gasteiger charge is -2.10. The number of rotatable bonds is 3. The van der Waals surface area contributed by atoms with Gasteiger partial charge in [0.1, 0.15) is 16.9 Å². The second kappa shape index (κ2) is 8.19. The first-order chi connectivity index (χ1) is 18.8. The van der Waals surface area contributed by atoms with Gasteiger partial charge in [-0.15, -0.1) is 0 Å². The highest BCUT2D eigenvalue weighted by atomic mass is 16.3. The molecule has 3 heteroatoms. The first-order valence-corrected chi connectivity index (χ1v) is 12.8. The minimum absolute atomic E-state index is 0.885. The van der Waals surface area contributed by atoms with Crippen molar-refractivity contribution in [2.75, 3.05) is 0 Å². The van der Waals surface area contributed by atoms with Gasteiger partial charge in [-0.25, -0.2) is 4.52 Å². The van der Waals surface area contributed by atoms with Gasteiger partial charge in [-0.1, -0.05) is 103 Å². The van der Waals surface area contributed by atoms with Gasteiger partial charge in [0, 0.05) is 32.8 Å². The van der Waals surface area contributed by atoms with Crippen LogP contribution >= 0.6 is 0 Å². The Morgan fingerprint density at radius 2 is 1.16 bits per heavy atom. The summed E-state index contributed by atoms with van der Waals surface area (Å²) < 4.78 is 8.26. The highest BCUT2D eigenvalue weighted by Gasteiger charge is 2.22. The van der Waals surface area contributed by atoms with Crippen LogP contribution in [0.5, 0.6) is 0 Å². The predicted octanol–water partition coefficient (Wildman–Crippen LogP) is 9.39. The van der Waals surface area contributed by atoms with Gasteiger partial charge >= 0.3 is 0 Å². The number of hydrogen-bond donors (Lipinski definition) is 0. The van der Waals surface area contributed by atoms with Gasteiger partial charge in [-0.05, 0) is 41.3 Å². The summed E-state index contributed by atoms with van der Waals surface area (Å²) in [7, 11) is 0. The minimum Gasteiger partial charge on any atom is -0.456 e. The van der Waals surface area contributed by atoms with E-state index in [1.165, 1.54) is 10.8 Å². The highest BCUT2D eigenvalue weighted by Crippen LogP contribution is 2.42. The van der Waals surface area contributed by atoms with Gasteiger partial charge in [-0.2, -0.15) is 5.10 Å². The molecule has 3 nitrogen and oxygen atoms in total. The predicted molar refractivity (Wildman–Crippen MR) is 156 cm³/mol. The molecule has 178 valence electrons. The molecule has 0 saturated carbocycles. The Morgan fingerprint density at radius 3 is 1.97 bits per heavy atom. The number of para-hydroxylation sites is 1. The normalized spacial score (nSPS) is 11.7. The summed E-state index contributed by atoms with van der Waals surface area (Å²) in [6, 6.07) is 46.6. The van der Waals surface area contributed by atoms with Crippen LogP contribution < -0.4 is 0 Å². The molecule has 0 aliphatic rings. The van der Waals surface area contributed by atoms with Crippen molar-refractivity contribution < 1.29 is 4.42 Å². The van der Waals surface area contributed by atoms with E-state index in [2.05, 4.69) is 126 Å². The lowest BCUT2D eigenvalue weighted by Crippen LogP contribution is -1.95. The smallest absolute Gasteiger partial charge is 0.135 e. The van der Waals surface area contributed by atoms with Crippen LogP contribution in [0.25, 0.3) is 71.9 Å². The Bertz CT molecular complexity index is 2120. The lowest BCUT2D eigenvalue weighted by molar-refractivity contribution is 0.669. The topological polar surface area (TPSA) is 30.4 Å². The highest BCUT2D eigenvalue weighted by molar-refractivity contribution is 6.10. The van der Waals surface area contributed by atoms with Crippen molar-refractivity contribution >= 4 is 38.2 Å². The van der Waals surface area contributed by atoms with Crippen LogP contribution in [-0.2, 0) is 0 Å². The molecule has 8 rings (SSSR count). The van der Waals surface area contributed by atoms with Crippen LogP contribution in [0, 0.1) is 0 Å². The van der Waals surface area contributed by atoms with E-state index in [1.54, 1.807) is 0 Å². The number of pyridine rings is 1. The number of furan rings is 1. The summed E-state index contributed by atoms with van der Waals surface area (Å²) in [5, 5.41) is 9.93. The molecular formula is C35H22N2O. The molecule has 0 fully saturated rings. The summed E-state index contributed by atoms with van der Waals surface area (Å²) in [5.74, 6) is 0. The first-order valence-electron chi connectivity index (χ1n) is 12.8. The van der Waals surface area contributed by atoms with Crippen molar-refractivity contribution in [2.24, 2.45) is 0 Å². The molecule has 5 aromatic carbocycles. The van der Waals surface area contributed by atoms with Crippen LogP contribution in [0.2, 0.25) is 0 Å². The Kier molecular flexibility index (Phi) is 4.52. The maximum Gasteiger partial charge on any atom is 0.135 e. The Labute approximate surface area is 219 Å². The molecule has 0 amide bonds. The molecule has 3 heterocycles. The molecule has 0 radical (unpaired) electrons. The maximum atomic E-state index is 6.13. The number of fused-ring (bicyclic) bond motifs is 6. The molecule has 0 bridgehead atoms. The van der Waals surface area contributed by atoms with Crippen molar-refractivity contribution in [3.05, 3.63) is 133 Å². The van der Waals surface area contributed by atoms with Crippen LogP contribution in [0.15, 0.2) is 138 Å². The minimum atomic E-state index is 0.885.